The van der Waals surface area contributed by atoms with Gasteiger partial charge in [0.05, 0.1) is 6.04 Å². The van der Waals surface area contributed by atoms with E-state index in [1.165, 1.54) is 0 Å². The van der Waals surface area contributed by atoms with E-state index in [1.807, 2.05) is 4.90 Å². The van der Waals surface area contributed by atoms with Gasteiger partial charge in [-0.05, 0) is 38.0 Å². The van der Waals surface area contributed by atoms with Gasteiger partial charge in [0.2, 0.25) is 5.91 Å². The molecule has 5 unspecified atom stereocenters. The van der Waals surface area contributed by atoms with Gasteiger partial charge in [-0.15, -0.1) is 0 Å². The summed E-state index contributed by atoms with van der Waals surface area (Å²) >= 11 is 0. The second kappa shape index (κ2) is 4.36. The number of ether oxygens (including phenoxy) is 1. The van der Waals surface area contributed by atoms with E-state index in [2.05, 4.69) is 13.5 Å². The van der Waals surface area contributed by atoms with E-state index in [1.54, 1.807) is 6.92 Å². The van der Waals surface area contributed by atoms with E-state index < -0.39 is 0 Å². The molecule has 2 bridgehead atoms. The Labute approximate surface area is 113 Å². The number of carbonyl (C=O) groups is 2. The summed E-state index contributed by atoms with van der Waals surface area (Å²) in [5, 5.41) is 0. The lowest BCUT2D eigenvalue weighted by Gasteiger charge is -2.31. The lowest BCUT2D eigenvalue weighted by molar-refractivity contribution is -0.150. The Kier molecular flexibility index (Phi) is 2.91. The van der Waals surface area contributed by atoms with Crippen molar-refractivity contribution in [3.05, 3.63) is 12.2 Å². The maximum absolute atomic E-state index is 12.3. The number of likely N-dealkylation sites (tertiary alicyclic amines) is 1. The highest BCUT2D eigenvalue weighted by Crippen LogP contribution is 2.56. The largest absolute Gasteiger partial charge is 0.457 e. The quantitative estimate of drug-likeness (QED) is 0.573. The Morgan fingerprint density at radius 3 is 2.84 bits per heavy atom. The lowest BCUT2D eigenvalue weighted by atomic mass is 9.87. The van der Waals surface area contributed by atoms with Gasteiger partial charge in [-0.2, -0.15) is 0 Å². The summed E-state index contributed by atoms with van der Waals surface area (Å²) in [5.41, 5.74) is 0.436. The van der Waals surface area contributed by atoms with Crippen LogP contribution >= 0.6 is 0 Å². The maximum Gasteiger partial charge on any atom is 0.333 e. The summed E-state index contributed by atoms with van der Waals surface area (Å²) in [6.45, 7) is 8.16. The summed E-state index contributed by atoms with van der Waals surface area (Å²) in [6, 6.07) is 0.125. The summed E-state index contributed by atoms with van der Waals surface area (Å²) in [7, 11) is 0. The molecule has 0 radical (unpaired) electrons. The van der Waals surface area contributed by atoms with Crippen molar-refractivity contribution in [1.29, 1.82) is 0 Å². The maximum atomic E-state index is 12.3. The van der Waals surface area contributed by atoms with Crippen LogP contribution in [0.1, 0.15) is 33.1 Å². The molecule has 19 heavy (non-hydrogen) atoms. The molecule has 1 saturated heterocycles. The first-order valence-electron chi connectivity index (χ1n) is 7.21. The molecular formula is C15H21NO3. The average Bonchev–Trinajstić information content (AvgIpc) is 2.97. The van der Waals surface area contributed by atoms with Gasteiger partial charge in [-0.1, -0.05) is 13.5 Å². The smallest absolute Gasteiger partial charge is 0.333 e. The minimum Gasteiger partial charge on any atom is -0.457 e. The molecule has 3 rings (SSSR count). The van der Waals surface area contributed by atoms with Crippen molar-refractivity contribution in [3.63, 3.8) is 0 Å². The Hall–Kier alpha value is -1.32. The number of rotatable bonds is 4. The number of esters is 1. The molecule has 1 amide bonds. The SMILES string of the molecule is C=C(C)C(=O)OC1C2CC3C(=O)N(CCC)C1C3C2. The van der Waals surface area contributed by atoms with Crippen LogP contribution in [0, 0.1) is 17.8 Å². The van der Waals surface area contributed by atoms with Gasteiger partial charge < -0.3 is 9.64 Å². The van der Waals surface area contributed by atoms with Crippen LogP contribution in [-0.4, -0.2) is 35.5 Å². The van der Waals surface area contributed by atoms with E-state index in [4.69, 9.17) is 4.74 Å². The first-order chi connectivity index (χ1) is 9.04. The van der Waals surface area contributed by atoms with Gasteiger partial charge in [0.15, 0.2) is 0 Å². The Bertz CT molecular complexity index is 445. The fourth-order valence-electron chi connectivity index (χ4n) is 4.22. The number of hydrogen-bond donors (Lipinski definition) is 0. The molecule has 104 valence electrons. The van der Waals surface area contributed by atoms with Crippen LogP contribution in [0.4, 0.5) is 0 Å². The minimum atomic E-state index is -0.315. The number of carbonyl (C=O) groups excluding carboxylic acids is 2. The van der Waals surface area contributed by atoms with Gasteiger partial charge in [0, 0.05) is 18.0 Å². The highest BCUT2D eigenvalue weighted by molar-refractivity contribution is 5.88. The predicted molar refractivity (Wildman–Crippen MR) is 70.2 cm³/mol. The van der Waals surface area contributed by atoms with Gasteiger partial charge in [-0.25, -0.2) is 4.79 Å². The summed E-state index contributed by atoms with van der Waals surface area (Å²) in [4.78, 5) is 26.1. The standard InChI is InChI=1S/C15H21NO3/c1-4-5-16-12-10-6-9(7-11(10)14(16)17)13(12)19-15(18)8(2)3/h9-13H,2,4-7H2,1,3H3. The molecule has 3 aliphatic rings. The molecule has 3 fully saturated rings. The zero-order chi connectivity index (χ0) is 13.7. The molecular weight excluding hydrogens is 242 g/mol. The second-order valence-electron chi connectivity index (χ2n) is 6.17. The van der Waals surface area contributed by atoms with Crippen LogP contribution in [0.2, 0.25) is 0 Å². The van der Waals surface area contributed by atoms with Crippen molar-refractivity contribution in [2.24, 2.45) is 17.8 Å². The predicted octanol–water partition coefficient (Wildman–Crippen LogP) is 1.75. The van der Waals surface area contributed by atoms with Crippen LogP contribution in [0.5, 0.6) is 0 Å². The molecule has 2 saturated carbocycles. The van der Waals surface area contributed by atoms with Crippen molar-refractivity contribution in [1.82, 2.24) is 4.90 Å². The Morgan fingerprint density at radius 2 is 2.21 bits per heavy atom. The normalized spacial score (nSPS) is 38.9. The first kappa shape index (κ1) is 12.7. The van der Waals surface area contributed by atoms with Crippen LogP contribution in [0.3, 0.4) is 0 Å². The molecule has 0 aromatic rings. The Morgan fingerprint density at radius 1 is 1.47 bits per heavy atom. The minimum absolute atomic E-state index is 0.108. The van der Waals surface area contributed by atoms with Gasteiger partial charge in [0.1, 0.15) is 6.10 Å². The summed E-state index contributed by atoms with van der Waals surface area (Å²) < 4.78 is 5.63. The van der Waals surface area contributed by atoms with E-state index in [9.17, 15) is 9.59 Å². The number of hydrogen-bond acceptors (Lipinski definition) is 3. The van der Waals surface area contributed by atoms with Crippen molar-refractivity contribution in [2.45, 2.75) is 45.3 Å². The third-order valence-corrected chi connectivity index (χ3v) is 4.90. The second-order valence-corrected chi connectivity index (χ2v) is 6.17. The van der Waals surface area contributed by atoms with Crippen LogP contribution in [0.15, 0.2) is 12.2 Å². The highest BCUT2D eigenvalue weighted by atomic mass is 16.5. The van der Waals surface area contributed by atoms with Crippen molar-refractivity contribution < 1.29 is 14.3 Å². The van der Waals surface area contributed by atoms with Crippen LogP contribution in [-0.2, 0) is 14.3 Å². The van der Waals surface area contributed by atoms with Gasteiger partial charge in [-0.3, -0.25) is 4.79 Å². The third-order valence-electron chi connectivity index (χ3n) is 4.90. The topological polar surface area (TPSA) is 46.6 Å². The van der Waals surface area contributed by atoms with Crippen molar-refractivity contribution >= 4 is 11.9 Å². The summed E-state index contributed by atoms with van der Waals surface area (Å²) in [6.07, 6.45) is 2.78. The molecule has 2 aliphatic carbocycles. The Balaban J connectivity index is 1.82. The third kappa shape index (κ3) is 1.72. The van der Waals surface area contributed by atoms with E-state index in [-0.39, 0.29) is 29.9 Å². The average molecular weight is 263 g/mol. The molecule has 4 nitrogen and oxygen atoms in total. The van der Waals surface area contributed by atoms with E-state index >= 15 is 0 Å². The molecule has 5 atom stereocenters. The van der Waals surface area contributed by atoms with Crippen molar-refractivity contribution in [3.8, 4) is 0 Å². The van der Waals surface area contributed by atoms with Gasteiger partial charge >= 0.3 is 5.97 Å². The zero-order valence-corrected chi connectivity index (χ0v) is 11.6. The lowest BCUT2D eigenvalue weighted by Crippen LogP contribution is -2.44. The molecule has 0 N–H and O–H groups in total. The number of amides is 1. The summed E-state index contributed by atoms with van der Waals surface area (Å²) in [5.74, 6) is 0.945. The number of nitrogens with zero attached hydrogens (tertiary/aromatic N) is 1. The van der Waals surface area contributed by atoms with E-state index in [0.717, 1.165) is 25.8 Å². The highest BCUT2D eigenvalue weighted by Gasteiger charge is 2.64. The fraction of sp³-hybridized carbons (Fsp3) is 0.733. The van der Waals surface area contributed by atoms with Crippen LogP contribution < -0.4 is 0 Å². The molecule has 1 heterocycles. The molecule has 0 spiro atoms. The fourth-order valence-corrected chi connectivity index (χ4v) is 4.22. The van der Waals surface area contributed by atoms with Crippen LogP contribution in [0.25, 0.3) is 0 Å². The van der Waals surface area contributed by atoms with Gasteiger partial charge in [0.25, 0.3) is 0 Å². The zero-order valence-electron chi connectivity index (χ0n) is 11.6. The molecule has 4 heteroatoms. The molecule has 0 aromatic carbocycles. The van der Waals surface area contributed by atoms with Crippen molar-refractivity contribution in [2.75, 3.05) is 6.54 Å². The molecule has 0 aromatic heterocycles. The monoisotopic (exact) mass is 263 g/mol. The molecule has 1 aliphatic heterocycles. The first-order valence-corrected chi connectivity index (χ1v) is 7.21. The van der Waals surface area contributed by atoms with E-state index in [0.29, 0.717) is 17.4 Å². The number of fused-ring (bicyclic) bond motifs is 1.